The average molecular weight is 371 g/mol. The third-order valence-electron chi connectivity index (χ3n) is 4.56. The second-order valence-electron chi connectivity index (χ2n) is 6.52. The lowest BCUT2D eigenvalue weighted by Gasteiger charge is -2.09. The number of ether oxygens (including phenoxy) is 4. The van der Waals surface area contributed by atoms with Gasteiger partial charge in [-0.3, -0.25) is 0 Å². The van der Waals surface area contributed by atoms with Crippen molar-refractivity contribution in [1.29, 1.82) is 0 Å². The molecule has 0 saturated heterocycles. The van der Waals surface area contributed by atoms with Crippen LogP contribution in [0.5, 0.6) is 0 Å². The summed E-state index contributed by atoms with van der Waals surface area (Å²) in [6.45, 7) is 7.19. The first-order valence-electron chi connectivity index (χ1n) is 9.51. The highest BCUT2D eigenvalue weighted by molar-refractivity contribution is 6.08. The lowest BCUT2D eigenvalue weighted by molar-refractivity contribution is 0.00292. The van der Waals surface area contributed by atoms with Crippen LogP contribution in [0.3, 0.4) is 0 Å². The maximum atomic E-state index is 5.77. The molecule has 0 N–H and O–H groups in total. The zero-order chi connectivity index (χ0) is 18.9. The number of rotatable bonds is 12. The highest BCUT2D eigenvalue weighted by Gasteiger charge is 2.09. The van der Waals surface area contributed by atoms with E-state index in [0.29, 0.717) is 46.2 Å². The Morgan fingerprint density at radius 3 is 2.07 bits per heavy atom. The van der Waals surface area contributed by atoms with E-state index >= 15 is 0 Å². The third kappa shape index (κ3) is 5.30. The van der Waals surface area contributed by atoms with Gasteiger partial charge in [0.25, 0.3) is 0 Å². The van der Waals surface area contributed by atoms with Crippen molar-refractivity contribution in [3.05, 3.63) is 48.0 Å². The topological polar surface area (TPSA) is 41.9 Å². The largest absolute Gasteiger partial charge is 0.382 e. The molecule has 2 aromatic carbocycles. The molecule has 5 nitrogen and oxygen atoms in total. The van der Waals surface area contributed by atoms with Crippen molar-refractivity contribution in [1.82, 2.24) is 4.57 Å². The molecule has 0 atom stereocenters. The Balaban J connectivity index is 1.45. The van der Waals surface area contributed by atoms with Crippen LogP contribution in [0, 0.1) is 6.92 Å². The van der Waals surface area contributed by atoms with Crippen LogP contribution in [0.25, 0.3) is 21.8 Å². The second kappa shape index (κ2) is 10.4. The summed E-state index contributed by atoms with van der Waals surface area (Å²) in [5, 5.41) is 2.61. The second-order valence-corrected chi connectivity index (χ2v) is 6.52. The number of para-hydroxylation sites is 1. The molecule has 0 unspecified atom stereocenters. The van der Waals surface area contributed by atoms with Gasteiger partial charge in [0.15, 0.2) is 0 Å². The summed E-state index contributed by atoms with van der Waals surface area (Å²) < 4.78 is 23.9. The number of methoxy groups -OCH3 is 1. The highest BCUT2D eigenvalue weighted by atomic mass is 16.6. The van der Waals surface area contributed by atoms with Gasteiger partial charge in [0, 0.05) is 35.5 Å². The van der Waals surface area contributed by atoms with Crippen molar-refractivity contribution in [3.8, 4) is 0 Å². The maximum Gasteiger partial charge on any atom is 0.0701 e. The summed E-state index contributed by atoms with van der Waals surface area (Å²) in [4.78, 5) is 0. The summed E-state index contributed by atoms with van der Waals surface area (Å²) in [7, 11) is 1.66. The van der Waals surface area contributed by atoms with Crippen LogP contribution in [0.4, 0.5) is 0 Å². The normalized spacial score (nSPS) is 11.6. The van der Waals surface area contributed by atoms with Crippen molar-refractivity contribution < 1.29 is 18.9 Å². The van der Waals surface area contributed by atoms with Crippen molar-refractivity contribution in [3.63, 3.8) is 0 Å². The van der Waals surface area contributed by atoms with Crippen molar-refractivity contribution in [2.75, 3.05) is 53.4 Å². The molecule has 0 saturated carbocycles. The summed E-state index contributed by atoms with van der Waals surface area (Å²) >= 11 is 0. The van der Waals surface area contributed by atoms with E-state index in [0.717, 1.165) is 6.54 Å². The van der Waals surface area contributed by atoms with Gasteiger partial charge in [0.1, 0.15) is 0 Å². The number of hydrogen-bond donors (Lipinski definition) is 0. The van der Waals surface area contributed by atoms with Crippen LogP contribution in [0.1, 0.15) is 5.56 Å². The SMILES string of the molecule is COCCOCCOCCOCCn1c2ccccc2c2cc(C)ccc21. The van der Waals surface area contributed by atoms with E-state index in [-0.39, 0.29) is 0 Å². The van der Waals surface area contributed by atoms with E-state index in [9.17, 15) is 0 Å². The molecule has 3 aromatic rings. The van der Waals surface area contributed by atoms with E-state index in [1.807, 2.05) is 0 Å². The van der Waals surface area contributed by atoms with E-state index in [1.165, 1.54) is 27.4 Å². The van der Waals surface area contributed by atoms with Gasteiger partial charge in [0.05, 0.1) is 46.2 Å². The van der Waals surface area contributed by atoms with Gasteiger partial charge >= 0.3 is 0 Å². The lowest BCUT2D eigenvalue weighted by atomic mass is 10.1. The van der Waals surface area contributed by atoms with Gasteiger partial charge in [-0.05, 0) is 25.1 Å². The zero-order valence-corrected chi connectivity index (χ0v) is 16.3. The molecule has 0 aliphatic rings. The van der Waals surface area contributed by atoms with E-state index < -0.39 is 0 Å². The molecule has 0 amide bonds. The predicted octanol–water partition coefficient (Wildman–Crippen LogP) is 3.80. The Morgan fingerprint density at radius 2 is 1.33 bits per heavy atom. The van der Waals surface area contributed by atoms with Crippen LogP contribution in [-0.2, 0) is 25.5 Å². The molecule has 146 valence electrons. The van der Waals surface area contributed by atoms with Crippen LogP contribution in [-0.4, -0.2) is 57.9 Å². The average Bonchev–Trinajstić information content (AvgIpc) is 2.99. The summed E-state index contributed by atoms with van der Waals surface area (Å²) in [6.07, 6.45) is 0. The van der Waals surface area contributed by atoms with Gasteiger partial charge in [-0.15, -0.1) is 0 Å². The number of fused-ring (bicyclic) bond motifs is 3. The van der Waals surface area contributed by atoms with Crippen LogP contribution in [0.2, 0.25) is 0 Å². The van der Waals surface area contributed by atoms with E-state index in [2.05, 4.69) is 54.0 Å². The first-order valence-corrected chi connectivity index (χ1v) is 9.51. The fourth-order valence-electron chi connectivity index (χ4n) is 3.25. The van der Waals surface area contributed by atoms with Gasteiger partial charge in [-0.1, -0.05) is 29.8 Å². The van der Waals surface area contributed by atoms with Crippen LogP contribution in [0.15, 0.2) is 42.5 Å². The maximum absolute atomic E-state index is 5.77. The minimum atomic E-state index is 0.583. The molecule has 0 aliphatic heterocycles. The number of hydrogen-bond acceptors (Lipinski definition) is 4. The minimum Gasteiger partial charge on any atom is -0.382 e. The first-order chi connectivity index (χ1) is 13.3. The highest BCUT2D eigenvalue weighted by Crippen LogP contribution is 2.29. The molecule has 0 spiro atoms. The van der Waals surface area contributed by atoms with Gasteiger partial charge < -0.3 is 23.5 Å². The Morgan fingerprint density at radius 1 is 0.704 bits per heavy atom. The summed E-state index contributed by atoms with van der Waals surface area (Å²) in [6, 6.07) is 15.2. The number of aryl methyl sites for hydroxylation is 1. The van der Waals surface area contributed by atoms with Crippen LogP contribution < -0.4 is 0 Å². The molecule has 1 aromatic heterocycles. The molecule has 0 aliphatic carbocycles. The summed E-state index contributed by atoms with van der Waals surface area (Å²) in [5.74, 6) is 0. The number of benzene rings is 2. The molecular weight excluding hydrogens is 342 g/mol. The van der Waals surface area contributed by atoms with Crippen molar-refractivity contribution >= 4 is 21.8 Å². The Kier molecular flexibility index (Phi) is 7.66. The zero-order valence-electron chi connectivity index (χ0n) is 16.3. The monoisotopic (exact) mass is 371 g/mol. The Labute approximate surface area is 160 Å². The standard InChI is InChI=1S/C22H29NO4/c1-18-7-8-22-20(17-18)19-5-3-4-6-21(19)23(22)9-10-25-13-14-27-16-15-26-12-11-24-2/h3-8,17H,9-16H2,1-2H3. The van der Waals surface area contributed by atoms with Gasteiger partial charge in [0.2, 0.25) is 0 Å². The summed E-state index contributed by atoms with van der Waals surface area (Å²) in [5.41, 5.74) is 3.80. The molecule has 1 heterocycles. The Hall–Kier alpha value is -1.92. The molecule has 27 heavy (non-hydrogen) atoms. The van der Waals surface area contributed by atoms with Crippen molar-refractivity contribution in [2.45, 2.75) is 13.5 Å². The fourth-order valence-corrected chi connectivity index (χ4v) is 3.25. The van der Waals surface area contributed by atoms with Gasteiger partial charge in [-0.25, -0.2) is 0 Å². The molecule has 0 fully saturated rings. The fraction of sp³-hybridized carbons (Fsp3) is 0.455. The van der Waals surface area contributed by atoms with Crippen molar-refractivity contribution in [2.24, 2.45) is 0 Å². The molecule has 3 rings (SSSR count). The minimum absolute atomic E-state index is 0.583. The number of nitrogens with zero attached hydrogens (tertiary/aromatic N) is 1. The number of aromatic nitrogens is 1. The molecule has 5 heteroatoms. The molecular formula is C22H29NO4. The Bertz CT molecular complexity index is 843. The van der Waals surface area contributed by atoms with E-state index in [1.54, 1.807) is 7.11 Å². The van der Waals surface area contributed by atoms with E-state index in [4.69, 9.17) is 18.9 Å². The smallest absolute Gasteiger partial charge is 0.0701 e. The third-order valence-corrected chi connectivity index (χ3v) is 4.56. The molecule has 0 bridgehead atoms. The quantitative estimate of drug-likeness (QED) is 0.454. The molecule has 0 radical (unpaired) electrons. The lowest BCUT2D eigenvalue weighted by Crippen LogP contribution is -2.13. The van der Waals surface area contributed by atoms with Gasteiger partial charge in [-0.2, -0.15) is 0 Å². The first kappa shape index (κ1) is 19.8. The van der Waals surface area contributed by atoms with Crippen LogP contribution >= 0.6 is 0 Å². The predicted molar refractivity (Wildman–Crippen MR) is 109 cm³/mol.